The molecule has 0 bridgehead atoms. The third-order valence-electron chi connectivity index (χ3n) is 5.14. The first-order chi connectivity index (χ1) is 10.3. The maximum atomic E-state index is 12.6. The Morgan fingerprint density at radius 1 is 0.952 bits per heavy atom. The molecular weight excluding hydrogens is 268 g/mol. The summed E-state index contributed by atoms with van der Waals surface area (Å²) in [6, 6.07) is -0.0563. The molecule has 3 saturated heterocycles. The van der Waals surface area contributed by atoms with E-state index in [1.54, 1.807) is 0 Å². The number of hydrogen-bond acceptors (Lipinski definition) is 4. The molecule has 3 heterocycles. The molecule has 0 aromatic carbocycles. The Kier molecular flexibility index (Phi) is 4.78. The van der Waals surface area contributed by atoms with Crippen molar-refractivity contribution in [3.05, 3.63) is 0 Å². The van der Waals surface area contributed by atoms with Crippen molar-refractivity contribution in [3.8, 4) is 0 Å². The van der Waals surface area contributed by atoms with Gasteiger partial charge < -0.3 is 9.64 Å². The molecule has 0 spiro atoms. The normalized spacial score (nSPS) is 29.2. The van der Waals surface area contributed by atoms with Crippen molar-refractivity contribution in [3.63, 3.8) is 0 Å². The van der Waals surface area contributed by atoms with Gasteiger partial charge in [-0.05, 0) is 38.8 Å². The molecule has 0 aromatic rings. The lowest BCUT2D eigenvalue weighted by atomic mass is 9.94. The van der Waals surface area contributed by atoms with Crippen LogP contribution in [-0.4, -0.2) is 60.5 Å². The van der Waals surface area contributed by atoms with Crippen molar-refractivity contribution in [1.29, 1.82) is 0 Å². The van der Waals surface area contributed by atoms with E-state index in [9.17, 15) is 9.59 Å². The minimum atomic E-state index is -0.0766. The van der Waals surface area contributed by atoms with Crippen LogP contribution >= 0.6 is 0 Å². The van der Waals surface area contributed by atoms with Crippen molar-refractivity contribution in [2.45, 2.75) is 51.0 Å². The third-order valence-corrected chi connectivity index (χ3v) is 5.14. The van der Waals surface area contributed by atoms with Crippen molar-refractivity contribution in [2.75, 3.05) is 32.8 Å². The van der Waals surface area contributed by atoms with Crippen LogP contribution in [0.15, 0.2) is 0 Å². The van der Waals surface area contributed by atoms with Gasteiger partial charge in [-0.3, -0.25) is 14.5 Å². The Morgan fingerprint density at radius 2 is 1.62 bits per heavy atom. The number of nitrogens with zero attached hydrogens (tertiary/aromatic N) is 2. The van der Waals surface area contributed by atoms with E-state index in [0.717, 1.165) is 58.3 Å². The van der Waals surface area contributed by atoms with E-state index in [4.69, 9.17) is 4.74 Å². The molecule has 3 aliphatic rings. The van der Waals surface area contributed by atoms with Gasteiger partial charge in [-0.2, -0.15) is 0 Å². The Hall–Kier alpha value is -1.10. The van der Waals surface area contributed by atoms with Crippen molar-refractivity contribution < 1.29 is 14.3 Å². The molecule has 1 atom stereocenters. The minimum absolute atomic E-state index is 0.0563. The van der Waals surface area contributed by atoms with Crippen LogP contribution in [0.5, 0.6) is 0 Å². The second-order valence-electron chi connectivity index (χ2n) is 6.52. The fourth-order valence-corrected chi connectivity index (χ4v) is 3.82. The zero-order valence-electron chi connectivity index (χ0n) is 12.8. The number of rotatable bonds is 2. The molecule has 0 aliphatic carbocycles. The van der Waals surface area contributed by atoms with Gasteiger partial charge in [0.1, 0.15) is 6.04 Å². The van der Waals surface area contributed by atoms with E-state index in [-0.39, 0.29) is 17.9 Å². The van der Waals surface area contributed by atoms with Crippen LogP contribution in [0.4, 0.5) is 0 Å². The smallest absolute Gasteiger partial charge is 0.323 e. The van der Waals surface area contributed by atoms with Crippen LogP contribution in [0.2, 0.25) is 0 Å². The predicted octanol–water partition coefficient (Wildman–Crippen LogP) is 1.42. The number of carbonyl (C=O) groups excluding carboxylic acids is 2. The maximum absolute atomic E-state index is 12.6. The lowest BCUT2D eigenvalue weighted by Crippen LogP contribution is -2.47. The molecule has 21 heavy (non-hydrogen) atoms. The van der Waals surface area contributed by atoms with E-state index >= 15 is 0 Å². The van der Waals surface area contributed by atoms with Gasteiger partial charge in [-0.15, -0.1) is 0 Å². The highest BCUT2D eigenvalue weighted by Gasteiger charge is 2.36. The van der Waals surface area contributed by atoms with E-state index in [1.807, 2.05) is 0 Å². The molecule has 5 heteroatoms. The Balaban J connectivity index is 1.50. The largest absolute Gasteiger partial charge is 0.464 e. The number of amides is 1. The van der Waals surface area contributed by atoms with Gasteiger partial charge in [0.25, 0.3) is 0 Å². The molecule has 3 aliphatic heterocycles. The first-order valence-electron chi connectivity index (χ1n) is 8.45. The van der Waals surface area contributed by atoms with E-state index < -0.39 is 0 Å². The molecule has 0 unspecified atom stereocenters. The highest BCUT2D eigenvalue weighted by molar-refractivity contribution is 5.79. The van der Waals surface area contributed by atoms with Gasteiger partial charge in [-0.1, -0.05) is 12.8 Å². The van der Waals surface area contributed by atoms with Crippen LogP contribution in [0.25, 0.3) is 0 Å². The lowest BCUT2D eigenvalue weighted by molar-refractivity contribution is -0.143. The maximum Gasteiger partial charge on any atom is 0.323 e. The van der Waals surface area contributed by atoms with Crippen molar-refractivity contribution >= 4 is 11.9 Å². The van der Waals surface area contributed by atoms with Crippen LogP contribution in [-0.2, 0) is 14.3 Å². The summed E-state index contributed by atoms with van der Waals surface area (Å²) in [5, 5.41) is 0. The summed E-state index contributed by atoms with van der Waals surface area (Å²) in [6.07, 6.45) is 7.40. The molecule has 1 amide bonds. The van der Waals surface area contributed by atoms with Crippen molar-refractivity contribution in [1.82, 2.24) is 9.80 Å². The molecule has 5 nitrogen and oxygen atoms in total. The number of hydrogen-bond donors (Lipinski definition) is 0. The highest BCUT2D eigenvalue weighted by atomic mass is 16.5. The number of ether oxygens (including phenoxy) is 1. The van der Waals surface area contributed by atoms with Crippen LogP contribution in [0.1, 0.15) is 44.9 Å². The van der Waals surface area contributed by atoms with Crippen LogP contribution in [0.3, 0.4) is 0 Å². The number of piperidine rings is 1. The fraction of sp³-hybridized carbons (Fsp3) is 0.875. The highest BCUT2D eigenvalue weighted by Crippen LogP contribution is 2.25. The summed E-state index contributed by atoms with van der Waals surface area (Å²) < 4.78 is 5.05. The lowest BCUT2D eigenvalue weighted by Gasteiger charge is -2.35. The Labute approximate surface area is 126 Å². The summed E-state index contributed by atoms with van der Waals surface area (Å²) >= 11 is 0. The number of esters is 1. The number of likely N-dealkylation sites (tertiary alicyclic amines) is 2. The molecule has 3 rings (SSSR count). The van der Waals surface area contributed by atoms with Crippen LogP contribution in [0, 0.1) is 5.92 Å². The molecule has 0 saturated carbocycles. The number of cyclic esters (lactones) is 1. The number of carbonyl (C=O) groups is 2. The van der Waals surface area contributed by atoms with Gasteiger partial charge in [-0.25, -0.2) is 0 Å². The zero-order chi connectivity index (χ0) is 14.7. The summed E-state index contributed by atoms with van der Waals surface area (Å²) in [6.45, 7) is 4.13. The standard InChI is InChI=1S/C16H26N2O3/c19-15(18-8-3-1-2-4-9-18)13-5-10-17(11-6-13)14-7-12-21-16(14)20/h13-14H,1-12H2/t14-/m1/s1. The first kappa shape index (κ1) is 14.8. The SMILES string of the molecule is O=C1OCC[C@H]1N1CCC(C(=O)N2CCCCCC2)CC1. The summed E-state index contributed by atoms with van der Waals surface area (Å²) in [5.41, 5.74) is 0. The second kappa shape index (κ2) is 6.77. The predicted molar refractivity (Wildman–Crippen MR) is 78.7 cm³/mol. The summed E-state index contributed by atoms with van der Waals surface area (Å²) in [7, 11) is 0. The fourth-order valence-electron chi connectivity index (χ4n) is 3.82. The van der Waals surface area contributed by atoms with Gasteiger partial charge in [0.05, 0.1) is 6.61 Å². The topological polar surface area (TPSA) is 49.9 Å². The van der Waals surface area contributed by atoms with Crippen LogP contribution < -0.4 is 0 Å². The molecule has 118 valence electrons. The average Bonchev–Trinajstić information content (AvgIpc) is 2.78. The molecule has 3 fully saturated rings. The monoisotopic (exact) mass is 294 g/mol. The van der Waals surface area contributed by atoms with E-state index in [0.29, 0.717) is 12.5 Å². The first-order valence-corrected chi connectivity index (χ1v) is 8.45. The minimum Gasteiger partial charge on any atom is -0.464 e. The average molecular weight is 294 g/mol. The van der Waals surface area contributed by atoms with Crippen molar-refractivity contribution in [2.24, 2.45) is 5.92 Å². The van der Waals surface area contributed by atoms with E-state index in [2.05, 4.69) is 9.80 Å². The van der Waals surface area contributed by atoms with Gasteiger partial charge >= 0.3 is 5.97 Å². The summed E-state index contributed by atoms with van der Waals surface area (Å²) in [5.74, 6) is 0.439. The van der Waals surface area contributed by atoms with Gasteiger partial charge in [0.15, 0.2) is 0 Å². The molecule has 0 radical (unpaired) electrons. The molecule has 0 aromatic heterocycles. The van der Waals surface area contributed by atoms with E-state index in [1.165, 1.54) is 12.8 Å². The molecular formula is C16H26N2O3. The molecule has 0 N–H and O–H groups in total. The Bertz CT molecular complexity index is 383. The second-order valence-corrected chi connectivity index (χ2v) is 6.52. The summed E-state index contributed by atoms with van der Waals surface area (Å²) in [4.78, 5) is 28.5. The van der Waals surface area contributed by atoms with Gasteiger partial charge in [0.2, 0.25) is 5.91 Å². The van der Waals surface area contributed by atoms with Gasteiger partial charge in [0, 0.05) is 25.4 Å². The third kappa shape index (κ3) is 3.39. The zero-order valence-corrected chi connectivity index (χ0v) is 12.8. The quantitative estimate of drug-likeness (QED) is 0.723. The Morgan fingerprint density at radius 3 is 2.19 bits per heavy atom.